The van der Waals surface area contributed by atoms with Gasteiger partial charge in [0.2, 0.25) is 5.91 Å². The van der Waals surface area contributed by atoms with E-state index in [1.165, 1.54) is 11.8 Å². The molecule has 2 amide bonds. The van der Waals surface area contributed by atoms with Gasteiger partial charge < -0.3 is 15.2 Å². The summed E-state index contributed by atoms with van der Waals surface area (Å²) in [4.78, 5) is 25.2. The topological polar surface area (TPSA) is 88.9 Å². The zero-order chi connectivity index (χ0) is 24.8. The van der Waals surface area contributed by atoms with Gasteiger partial charge in [0.05, 0.1) is 21.8 Å². The van der Waals surface area contributed by atoms with Gasteiger partial charge in [-0.1, -0.05) is 66.5 Å². The Morgan fingerprint density at radius 2 is 1.82 bits per heavy atom. The molecule has 3 aromatic rings. The maximum Gasteiger partial charge on any atom is 0.251 e. The first kappa shape index (κ1) is 26.3. The van der Waals surface area contributed by atoms with Gasteiger partial charge in [-0.25, -0.2) is 0 Å². The number of thioether (sulfide) groups is 1. The number of carbonyl (C=O) groups is 2. The molecule has 34 heavy (non-hydrogen) atoms. The van der Waals surface area contributed by atoms with E-state index in [2.05, 4.69) is 20.8 Å². The molecular weight excluding hydrogens is 517 g/mol. The number of rotatable bonds is 9. The van der Waals surface area contributed by atoms with E-state index in [4.69, 9.17) is 34.8 Å². The van der Waals surface area contributed by atoms with Crippen LogP contribution in [0.15, 0.2) is 47.6 Å². The molecule has 0 fully saturated rings. The van der Waals surface area contributed by atoms with Crippen molar-refractivity contribution >= 4 is 64.1 Å². The number of hydrogen-bond donors (Lipinski definition) is 2. The van der Waals surface area contributed by atoms with Gasteiger partial charge in [0.25, 0.3) is 5.91 Å². The van der Waals surface area contributed by atoms with Crippen LogP contribution in [0, 0.1) is 5.92 Å². The van der Waals surface area contributed by atoms with E-state index < -0.39 is 0 Å². The van der Waals surface area contributed by atoms with Crippen LogP contribution in [-0.4, -0.2) is 32.3 Å². The molecule has 0 aliphatic rings. The molecule has 1 atom stereocenters. The van der Waals surface area contributed by atoms with Crippen molar-refractivity contribution < 1.29 is 9.59 Å². The summed E-state index contributed by atoms with van der Waals surface area (Å²) in [7, 11) is 0. The Balaban J connectivity index is 1.71. The fraction of sp³-hybridized carbons (Fsp3) is 0.304. The van der Waals surface area contributed by atoms with Crippen molar-refractivity contribution in [2.75, 3.05) is 11.1 Å². The highest BCUT2D eigenvalue weighted by Crippen LogP contribution is 2.27. The summed E-state index contributed by atoms with van der Waals surface area (Å²) in [5, 5.41) is 16.3. The summed E-state index contributed by atoms with van der Waals surface area (Å²) >= 11 is 19.2. The highest BCUT2D eigenvalue weighted by atomic mass is 35.5. The lowest BCUT2D eigenvalue weighted by Gasteiger charge is -2.22. The molecule has 0 radical (unpaired) electrons. The largest absolute Gasteiger partial charge is 0.342 e. The maximum atomic E-state index is 12.8. The average molecular weight is 541 g/mol. The minimum absolute atomic E-state index is 0.0495. The minimum Gasteiger partial charge on any atom is -0.342 e. The molecule has 1 aromatic heterocycles. The first-order chi connectivity index (χ1) is 16.2. The maximum absolute atomic E-state index is 12.8. The molecule has 180 valence electrons. The van der Waals surface area contributed by atoms with E-state index in [1.54, 1.807) is 42.5 Å². The fourth-order valence-corrected chi connectivity index (χ4v) is 4.52. The molecule has 2 N–H and O–H groups in total. The van der Waals surface area contributed by atoms with Crippen LogP contribution < -0.4 is 10.6 Å². The Morgan fingerprint density at radius 1 is 1.06 bits per heavy atom. The van der Waals surface area contributed by atoms with Gasteiger partial charge in [-0.15, -0.1) is 10.2 Å². The van der Waals surface area contributed by atoms with Crippen LogP contribution in [0.25, 0.3) is 0 Å². The van der Waals surface area contributed by atoms with E-state index in [0.717, 1.165) is 0 Å². The van der Waals surface area contributed by atoms with Gasteiger partial charge in [-0.2, -0.15) is 0 Å². The van der Waals surface area contributed by atoms with Crippen molar-refractivity contribution in [1.29, 1.82) is 0 Å². The molecule has 2 aromatic carbocycles. The van der Waals surface area contributed by atoms with Crippen molar-refractivity contribution in [2.45, 2.75) is 38.5 Å². The van der Waals surface area contributed by atoms with Crippen LogP contribution in [-0.2, 0) is 11.3 Å². The van der Waals surface area contributed by atoms with Crippen LogP contribution in [0.5, 0.6) is 0 Å². The molecule has 1 heterocycles. The lowest BCUT2D eigenvalue weighted by atomic mass is 10.0. The van der Waals surface area contributed by atoms with Crippen LogP contribution in [0.4, 0.5) is 5.69 Å². The van der Waals surface area contributed by atoms with E-state index in [9.17, 15) is 9.59 Å². The van der Waals surface area contributed by atoms with Crippen LogP contribution in [0.3, 0.4) is 0 Å². The molecular formula is C23H24Cl3N5O2S. The van der Waals surface area contributed by atoms with Crippen LogP contribution in [0.2, 0.25) is 15.1 Å². The van der Waals surface area contributed by atoms with Gasteiger partial charge >= 0.3 is 0 Å². The second-order valence-electron chi connectivity index (χ2n) is 7.76. The van der Waals surface area contributed by atoms with Crippen LogP contribution in [0.1, 0.15) is 43.0 Å². The monoisotopic (exact) mass is 539 g/mol. The number of carbonyl (C=O) groups excluding carboxylic acids is 2. The third-order valence-corrected chi connectivity index (χ3v) is 6.86. The van der Waals surface area contributed by atoms with Gasteiger partial charge in [0, 0.05) is 22.8 Å². The quantitative estimate of drug-likeness (QED) is 0.319. The lowest BCUT2D eigenvalue weighted by Crippen LogP contribution is -2.33. The molecule has 0 spiro atoms. The summed E-state index contributed by atoms with van der Waals surface area (Å²) in [5.41, 5.74) is 1.02. The second kappa shape index (κ2) is 11.9. The zero-order valence-electron chi connectivity index (χ0n) is 18.8. The molecule has 0 bridgehead atoms. The number of nitrogens with one attached hydrogen (secondary N) is 2. The lowest BCUT2D eigenvalue weighted by molar-refractivity contribution is -0.113. The molecule has 0 aliphatic carbocycles. The number of amides is 2. The smallest absolute Gasteiger partial charge is 0.251 e. The summed E-state index contributed by atoms with van der Waals surface area (Å²) < 4.78 is 1.90. The van der Waals surface area contributed by atoms with E-state index in [1.807, 2.05) is 25.3 Å². The van der Waals surface area contributed by atoms with Crippen molar-refractivity contribution in [3.63, 3.8) is 0 Å². The average Bonchev–Trinajstić information content (AvgIpc) is 3.20. The summed E-state index contributed by atoms with van der Waals surface area (Å²) in [6.45, 7) is 6.53. The first-order valence-electron chi connectivity index (χ1n) is 10.6. The summed E-state index contributed by atoms with van der Waals surface area (Å²) in [6.07, 6.45) is 0. The SMILES string of the molecule is CCn1c(SCC(=O)Nc2ccc(Cl)c(Cl)c2)nnc1[C@H](NC(=O)c1cccc(Cl)c1)C(C)C. The van der Waals surface area contributed by atoms with Crippen LogP contribution >= 0.6 is 46.6 Å². The second-order valence-corrected chi connectivity index (χ2v) is 9.95. The van der Waals surface area contributed by atoms with E-state index in [-0.39, 0.29) is 29.5 Å². The number of hydrogen-bond acceptors (Lipinski definition) is 5. The Morgan fingerprint density at radius 3 is 2.47 bits per heavy atom. The van der Waals surface area contributed by atoms with Crippen molar-refractivity contribution in [1.82, 2.24) is 20.1 Å². The molecule has 0 aliphatic heterocycles. The molecule has 0 saturated heterocycles. The van der Waals surface area contributed by atoms with Gasteiger partial charge in [-0.05, 0) is 49.2 Å². The van der Waals surface area contributed by atoms with Crippen molar-refractivity contribution in [3.8, 4) is 0 Å². The Hall–Kier alpha value is -2.26. The number of anilines is 1. The minimum atomic E-state index is -0.377. The predicted molar refractivity (Wildman–Crippen MR) is 138 cm³/mol. The molecule has 11 heteroatoms. The predicted octanol–water partition coefficient (Wildman–Crippen LogP) is 6.12. The summed E-state index contributed by atoms with van der Waals surface area (Å²) in [6, 6.07) is 11.3. The standard InChI is InChI=1S/C23H24Cl3N5O2S/c1-4-31-21(20(13(2)3)28-22(33)14-6-5-7-15(24)10-14)29-30-23(31)34-12-19(32)27-16-8-9-17(25)18(26)11-16/h5-11,13,20H,4,12H2,1-3H3,(H,27,32)(H,28,33)/t20-/m1/s1. The molecule has 0 unspecified atom stereocenters. The number of halogens is 3. The van der Waals surface area contributed by atoms with Gasteiger partial charge in [0.1, 0.15) is 0 Å². The molecule has 0 saturated carbocycles. The van der Waals surface area contributed by atoms with E-state index in [0.29, 0.717) is 43.8 Å². The Labute approximate surface area is 217 Å². The first-order valence-corrected chi connectivity index (χ1v) is 12.7. The third-order valence-electron chi connectivity index (χ3n) is 4.92. The Bertz CT molecular complexity index is 1190. The third kappa shape index (κ3) is 6.66. The normalized spacial score (nSPS) is 12.0. The Kier molecular flexibility index (Phi) is 9.24. The zero-order valence-corrected chi connectivity index (χ0v) is 21.9. The van der Waals surface area contributed by atoms with Gasteiger partial charge in [-0.3, -0.25) is 9.59 Å². The number of aromatic nitrogens is 3. The van der Waals surface area contributed by atoms with Crippen molar-refractivity contribution in [3.05, 3.63) is 68.9 Å². The van der Waals surface area contributed by atoms with Gasteiger partial charge in [0.15, 0.2) is 11.0 Å². The van der Waals surface area contributed by atoms with E-state index >= 15 is 0 Å². The molecule has 3 rings (SSSR count). The number of benzene rings is 2. The molecule has 7 nitrogen and oxygen atoms in total. The fourth-order valence-electron chi connectivity index (χ4n) is 3.22. The summed E-state index contributed by atoms with van der Waals surface area (Å²) in [5.74, 6) is 0.334. The highest BCUT2D eigenvalue weighted by Gasteiger charge is 2.26. The number of nitrogens with zero attached hydrogens (tertiary/aromatic N) is 3. The van der Waals surface area contributed by atoms with Crippen molar-refractivity contribution in [2.24, 2.45) is 5.92 Å². The highest BCUT2D eigenvalue weighted by molar-refractivity contribution is 7.99.